The van der Waals surface area contributed by atoms with Crippen molar-refractivity contribution in [1.82, 2.24) is 35.2 Å². The number of carbonyl (C=O) groups is 8. The second-order valence-electron chi connectivity index (χ2n) is 25.5. The van der Waals surface area contributed by atoms with E-state index < -0.39 is 83.1 Å². The summed E-state index contributed by atoms with van der Waals surface area (Å²) >= 11 is 0. The second-order valence-corrected chi connectivity index (χ2v) is 25.5. The third-order valence-corrected chi connectivity index (χ3v) is 19.1. The summed E-state index contributed by atoms with van der Waals surface area (Å²) in [7, 11) is 5.38. The molecule has 4 N–H and O–H groups in total. The number of nitriles is 1. The van der Waals surface area contributed by atoms with Gasteiger partial charge in [-0.2, -0.15) is 22.8 Å². The van der Waals surface area contributed by atoms with Crippen molar-refractivity contribution < 1.29 is 60.7 Å². The standard InChI is InChI=1S/C36H45F2N5O4.C35H47F2N5O5/c1-4-32(45)41-33(35(47)43-19-17-42(3)18-20-43)24(2)26-13-15-29(16-14-26)40-34(46)30(27-10-6-5-7-11-27)22-31(44)36(37,38)28-12-8-9-25(21-28)23-39;1-5-30(44)40-32(34(46)42-19-17-41(3)18-20-42)23(2)24-11-14-27(15-12-24)39-33(45)28(25-9-7-6-8-10-25)21-29(43)35(36,37)26-13-16-31(47-4)38-22-26/h8-9,12-16,21,24,27,30,33H,4-7,10-11,17-20,22H2,1-3H3,(H,40,46)(H,41,45);11-16,22-23,25,28,32H,5-10,17-21H2,1-4H3,(H,39,45)(H,40,44)/t24-,30-,33+;23-,28-,32+/m00/s1. The number of amides is 6. The van der Waals surface area contributed by atoms with Gasteiger partial charge in [0.15, 0.2) is 0 Å². The van der Waals surface area contributed by atoms with Gasteiger partial charge in [-0.15, -0.1) is 0 Å². The first-order chi connectivity index (χ1) is 44.9. The monoisotopic (exact) mass is 1300 g/mol. The van der Waals surface area contributed by atoms with E-state index in [1.165, 1.54) is 25.3 Å². The van der Waals surface area contributed by atoms with Crippen LogP contribution in [-0.4, -0.2) is 157 Å². The number of halogens is 4. The highest BCUT2D eigenvalue weighted by Crippen LogP contribution is 2.40. The van der Waals surface area contributed by atoms with E-state index in [2.05, 4.69) is 36.1 Å². The fraction of sp³-hybridized carbons (Fsp3) is 0.549. The molecule has 2 aliphatic carbocycles. The van der Waals surface area contributed by atoms with Crippen molar-refractivity contribution in [2.75, 3.05) is 84.2 Å². The maximum atomic E-state index is 15.3. The number of methoxy groups -OCH3 is 1. The zero-order valence-electron chi connectivity index (χ0n) is 55.2. The molecule has 3 aromatic carbocycles. The van der Waals surface area contributed by atoms with Crippen LogP contribution in [0.3, 0.4) is 0 Å². The first kappa shape index (κ1) is 73.3. The largest absolute Gasteiger partial charge is 0.481 e. The van der Waals surface area contributed by atoms with Gasteiger partial charge in [0.25, 0.3) is 0 Å². The van der Waals surface area contributed by atoms with E-state index in [9.17, 15) is 38.4 Å². The molecule has 0 bridgehead atoms. The van der Waals surface area contributed by atoms with E-state index in [1.807, 2.05) is 34.0 Å². The molecule has 8 rings (SSSR count). The predicted octanol–water partition coefficient (Wildman–Crippen LogP) is 9.97. The summed E-state index contributed by atoms with van der Waals surface area (Å²) in [5, 5.41) is 20.6. The summed E-state index contributed by atoms with van der Waals surface area (Å²) in [5.74, 6) is -14.9. The average molecular weight is 1310 g/mol. The van der Waals surface area contributed by atoms with Crippen LogP contribution in [0.4, 0.5) is 28.9 Å². The van der Waals surface area contributed by atoms with Crippen molar-refractivity contribution in [2.24, 2.45) is 23.7 Å². The summed E-state index contributed by atoms with van der Waals surface area (Å²) in [4.78, 5) is 117. The molecule has 19 nitrogen and oxygen atoms in total. The lowest BCUT2D eigenvalue weighted by Gasteiger charge is -2.36. The Morgan fingerprint density at radius 3 is 1.34 bits per heavy atom. The van der Waals surface area contributed by atoms with Crippen LogP contribution in [-0.2, 0) is 50.2 Å². The Labute approximate surface area is 549 Å². The highest BCUT2D eigenvalue weighted by molar-refractivity contribution is 5.99. The average Bonchev–Trinajstić information content (AvgIpc) is 0.867. The van der Waals surface area contributed by atoms with Crippen molar-refractivity contribution in [3.63, 3.8) is 0 Å². The summed E-state index contributed by atoms with van der Waals surface area (Å²) in [6, 6.07) is 21.4. The molecule has 6 amide bonds. The molecule has 0 spiro atoms. The lowest BCUT2D eigenvalue weighted by molar-refractivity contribution is -0.147. The Balaban J connectivity index is 0.000000266. The third kappa shape index (κ3) is 19.5. The number of ketones is 2. The summed E-state index contributed by atoms with van der Waals surface area (Å²) in [6.07, 6.45) is 8.36. The van der Waals surface area contributed by atoms with Gasteiger partial charge in [-0.1, -0.05) is 103 Å². The Morgan fingerprint density at radius 2 is 0.979 bits per heavy atom. The maximum absolute atomic E-state index is 15.3. The number of nitrogens with zero attached hydrogens (tertiary/aromatic N) is 6. The maximum Gasteiger partial charge on any atom is 0.331 e. The van der Waals surface area contributed by atoms with Gasteiger partial charge >= 0.3 is 11.8 Å². The smallest absolute Gasteiger partial charge is 0.331 e. The normalized spacial score (nSPS) is 18.1. The van der Waals surface area contributed by atoms with Crippen LogP contribution in [0.2, 0.25) is 0 Å². The number of benzene rings is 3. The van der Waals surface area contributed by atoms with Crippen LogP contribution < -0.4 is 26.0 Å². The Kier molecular flexibility index (Phi) is 26.8. The summed E-state index contributed by atoms with van der Waals surface area (Å²) in [6.45, 7) is 12.6. The lowest BCUT2D eigenvalue weighted by Crippen LogP contribution is -2.55. The third-order valence-electron chi connectivity index (χ3n) is 19.1. The van der Waals surface area contributed by atoms with E-state index in [1.54, 1.807) is 72.2 Å². The summed E-state index contributed by atoms with van der Waals surface area (Å²) < 4.78 is 66.1. The fourth-order valence-electron chi connectivity index (χ4n) is 12.9. The minimum atomic E-state index is -3.84. The van der Waals surface area contributed by atoms with Gasteiger partial charge in [-0.25, -0.2) is 4.98 Å². The van der Waals surface area contributed by atoms with E-state index in [-0.39, 0.29) is 71.6 Å². The Bertz CT molecular complexity index is 3270. The molecule has 4 fully saturated rings. The van der Waals surface area contributed by atoms with E-state index in [0.29, 0.717) is 63.2 Å². The Morgan fingerprint density at radius 1 is 0.574 bits per heavy atom. The summed E-state index contributed by atoms with van der Waals surface area (Å²) in [5.41, 5.74) is 1.38. The molecule has 4 aromatic rings. The fourth-order valence-corrected chi connectivity index (χ4v) is 12.9. The van der Waals surface area contributed by atoms with Crippen LogP contribution in [0, 0.1) is 35.0 Å². The van der Waals surface area contributed by atoms with Crippen LogP contribution in [0.5, 0.6) is 5.88 Å². The molecule has 0 radical (unpaired) electrons. The van der Waals surface area contributed by atoms with Gasteiger partial charge in [0.05, 0.1) is 18.7 Å². The van der Waals surface area contributed by atoms with Crippen LogP contribution in [0.15, 0.2) is 91.1 Å². The van der Waals surface area contributed by atoms with Crippen molar-refractivity contribution in [2.45, 2.75) is 153 Å². The van der Waals surface area contributed by atoms with E-state index >= 15 is 17.6 Å². The molecule has 3 heterocycles. The van der Waals surface area contributed by atoms with Gasteiger partial charge in [0.1, 0.15) is 12.1 Å². The van der Waals surface area contributed by atoms with Crippen molar-refractivity contribution in [3.05, 3.63) is 119 Å². The molecular formula is C71H92F4N10O9. The van der Waals surface area contributed by atoms with Gasteiger partial charge in [0.2, 0.25) is 52.9 Å². The molecular weight excluding hydrogens is 1210 g/mol. The van der Waals surface area contributed by atoms with Crippen molar-refractivity contribution in [3.8, 4) is 11.9 Å². The van der Waals surface area contributed by atoms with Gasteiger partial charge in [0, 0.05) is 136 Å². The molecule has 2 aliphatic heterocycles. The second kappa shape index (κ2) is 34.4. The number of likely N-dealkylation sites (N-methyl/N-ethyl adjacent to an activating group) is 2. The number of alkyl halides is 4. The number of piperazine rings is 2. The van der Waals surface area contributed by atoms with Crippen molar-refractivity contribution in [1.29, 1.82) is 5.26 Å². The molecule has 2 saturated heterocycles. The molecule has 4 aliphatic rings. The van der Waals surface area contributed by atoms with Crippen LogP contribution in [0.1, 0.15) is 157 Å². The molecule has 508 valence electrons. The van der Waals surface area contributed by atoms with Gasteiger partial charge < -0.3 is 45.6 Å². The number of nitrogens with one attached hydrogen (secondary N) is 4. The first-order valence-corrected chi connectivity index (χ1v) is 33.1. The van der Waals surface area contributed by atoms with Crippen LogP contribution in [0.25, 0.3) is 0 Å². The number of hydrogen-bond acceptors (Lipinski definition) is 13. The molecule has 23 heteroatoms. The number of Topliss-reactive ketones (excluding diaryl/α,β-unsaturated/α-hetero) is 2. The Hall–Kier alpha value is -8.10. The van der Waals surface area contributed by atoms with Gasteiger partial charge in [-0.05, 0) is 105 Å². The van der Waals surface area contributed by atoms with E-state index in [0.717, 1.165) is 100 Å². The molecule has 1 aromatic heterocycles. The lowest BCUT2D eigenvalue weighted by atomic mass is 9.76. The molecule has 94 heavy (non-hydrogen) atoms. The number of aromatic nitrogens is 1. The van der Waals surface area contributed by atoms with Crippen LogP contribution >= 0.6 is 0 Å². The quantitative estimate of drug-likeness (QED) is 0.0452. The number of carbonyl (C=O) groups excluding carboxylic acids is 8. The minimum Gasteiger partial charge on any atom is -0.481 e. The number of ether oxygens (including phenoxy) is 1. The number of hydrogen-bond donors (Lipinski definition) is 4. The topological polar surface area (TPSA) is 244 Å². The zero-order valence-corrected chi connectivity index (χ0v) is 55.2. The first-order valence-electron chi connectivity index (χ1n) is 33.1. The molecule has 0 unspecified atom stereocenters. The number of rotatable bonds is 25. The van der Waals surface area contributed by atoms with Crippen molar-refractivity contribution >= 4 is 58.4 Å². The minimum absolute atomic E-state index is 0.0251. The number of anilines is 2. The number of pyridine rings is 1. The molecule has 6 atom stereocenters. The predicted molar refractivity (Wildman–Crippen MR) is 349 cm³/mol. The highest BCUT2D eigenvalue weighted by atomic mass is 19.3. The van der Waals surface area contributed by atoms with Gasteiger partial charge in [-0.3, -0.25) is 38.4 Å². The highest BCUT2D eigenvalue weighted by Gasteiger charge is 2.46. The zero-order chi connectivity index (χ0) is 68.3. The SMILES string of the molecule is CCC(=O)N[C@@H](C(=O)N1CCN(C)CC1)[C@@H](C)c1ccc(NC(=O)[C@@H](CC(=O)C(F)(F)c2ccc(OC)nc2)C2CCCCC2)cc1.CCC(=O)N[C@@H](C(=O)N1CCN(C)CC1)[C@@H](C)c1ccc(NC(=O)[C@@H](CC(=O)C(F)(F)c2cccc(C#N)c2)C2CCCCC2)cc1. The molecule has 2 saturated carbocycles. The van der Waals surface area contributed by atoms with E-state index in [4.69, 9.17) is 10.00 Å².